The predicted octanol–water partition coefficient (Wildman–Crippen LogP) is 5.44. The van der Waals surface area contributed by atoms with Gasteiger partial charge in [0.1, 0.15) is 17.1 Å². The van der Waals surface area contributed by atoms with Gasteiger partial charge >= 0.3 is 0 Å². The first kappa shape index (κ1) is 22.4. The van der Waals surface area contributed by atoms with Crippen LogP contribution >= 0.6 is 15.9 Å². The number of carbonyl (C=O) groups excluding carboxylic acids is 2. The summed E-state index contributed by atoms with van der Waals surface area (Å²) in [5.74, 6) is -0.390. The number of amides is 2. The summed E-state index contributed by atoms with van der Waals surface area (Å²) in [5.41, 5.74) is 1.75. The van der Waals surface area contributed by atoms with E-state index in [4.69, 9.17) is 4.74 Å². The first-order chi connectivity index (χ1) is 15.0. The Kier molecular flexibility index (Phi) is 7.72. The Bertz CT molecular complexity index is 1090. The Labute approximate surface area is 188 Å². The summed E-state index contributed by atoms with van der Waals surface area (Å²) >= 11 is 3.24. The first-order valence-corrected chi connectivity index (χ1v) is 10.5. The van der Waals surface area contributed by atoms with Crippen molar-refractivity contribution in [3.8, 4) is 11.6 Å². The molecule has 2 N–H and O–H groups in total. The van der Waals surface area contributed by atoms with Crippen LogP contribution in [-0.4, -0.2) is 16.8 Å². The molecular weight excluding hydrogens is 465 g/mol. The standard InChI is InChI=1S/C23H21BrFN3O3/c1-2-5-21(29)28-17-7-3-6-15(12-17)14-27-22(30)18-8-4-11-26-23(18)31-20-10-9-16(25)13-19(20)24/h3-4,6-13H,2,5,14H2,1H3,(H,27,30)(H,28,29). The lowest BCUT2D eigenvalue weighted by molar-refractivity contribution is -0.116. The summed E-state index contributed by atoms with van der Waals surface area (Å²) in [6, 6.07) is 14.5. The number of hydrogen-bond acceptors (Lipinski definition) is 4. The SMILES string of the molecule is CCCC(=O)Nc1cccc(CNC(=O)c2cccnc2Oc2ccc(F)cc2Br)c1. The Morgan fingerprint density at radius 2 is 1.97 bits per heavy atom. The van der Waals surface area contributed by atoms with Crippen LogP contribution in [0, 0.1) is 5.82 Å². The molecule has 1 aromatic heterocycles. The van der Waals surface area contributed by atoms with E-state index in [1.165, 1.54) is 24.4 Å². The van der Waals surface area contributed by atoms with Crippen molar-refractivity contribution < 1.29 is 18.7 Å². The number of ether oxygens (including phenoxy) is 1. The van der Waals surface area contributed by atoms with Crippen LogP contribution in [-0.2, 0) is 11.3 Å². The van der Waals surface area contributed by atoms with Gasteiger partial charge in [-0.25, -0.2) is 9.37 Å². The normalized spacial score (nSPS) is 10.4. The molecule has 0 radical (unpaired) electrons. The molecule has 0 atom stereocenters. The maximum absolute atomic E-state index is 13.3. The highest BCUT2D eigenvalue weighted by molar-refractivity contribution is 9.10. The summed E-state index contributed by atoms with van der Waals surface area (Å²) in [5, 5.41) is 5.66. The van der Waals surface area contributed by atoms with Gasteiger partial charge in [0.15, 0.2) is 0 Å². The summed E-state index contributed by atoms with van der Waals surface area (Å²) < 4.78 is 19.4. The lowest BCUT2D eigenvalue weighted by Crippen LogP contribution is -2.23. The number of carbonyl (C=O) groups is 2. The van der Waals surface area contributed by atoms with Crippen LogP contribution in [0.1, 0.15) is 35.7 Å². The van der Waals surface area contributed by atoms with Crippen molar-refractivity contribution in [1.82, 2.24) is 10.3 Å². The Morgan fingerprint density at radius 3 is 2.74 bits per heavy atom. The Balaban J connectivity index is 1.68. The second-order valence-corrected chi connectivity index (χ2v) is 7.57. The van der Waals surface area contributed by atoms with E-state index in [0.29, 0.717) is 22.3 Å². The maximum atomic E-state index is 13.3. The zero-order valence-electron chi connectivity index (χ0n) is 16.8. The largest absolute Gasteiger partial charge is 0.437 e. The van der Waals surface area contributed by atoms with E-state index in [-0.39, 0.29) is 29.8 Å². The molecule has 0 saturated carbocycles. The van der Waals surface area contributed by atoms with Crippen molar-refractivity contribution in [2.24, 2.45) is 0 Å². The number of pyridine rings is 1. The van der Waals surface area contributed by atoms with E-state index >= 15 is 0 Å². The molecule has 31 heavy (non-hydrogen) atoms. The highest BCUT2D eigenvalue weighted by atomic mass is 79.9. The summed E-state index contributed by atoms with van der Waals surface area (Å²) in [6.07, 6.45) is 2.73. The predicted molar refractivity (Wildman–Crippen MR) is 120 cm³/mol. The molecule has 8 heteroatoms. The van der Waals surface area contributed by atoms with Gasteiger partial charge in [0, 0.05) is 24.8 Å². The van der Waals surface area contributed by atoms with Crippen molar-refractivity contribution in [1.29, 1.82) is 0 Å². The number of hydrogen-bond donors (Lipinski definition) is 2. The van der Waals surface area contributed by atoms with E-state index in [1.54, 1.807) is 18.2 Å². The molecule has 0 bridgehead atoms. The number of nitrogens with zero attached hydrogens (tertiary/aromatic N) is 1. The molecule has 2 amide bonds. The van der Waals surface area contributed by atoms with Gasteiger partial charge in [0.25, 0.3) is 5.91 Å². The van der Waals surface area contributed by atoms with Gasteiger partial charge in [0.2, 0.25) is 11.8 Å². The van der Waals surface area contributed by atoms with Crippen molar-refractivity contribution in [3.63, 3.8) is 0 Å². The Morgan fingerprint density at radius 1 is 1.13 bits per heavy atom. The van der Waals surface area contributed by atoms with Gasteiger partial charge in [-0.15, -0.1) is 0 Å². The van der Waals surface area contributed by atoms with Crippen molar-refractivity contribution >= 4 is 33.4 Å². The fourth-order valence-corrected chi connectivity index (χ4v) is 3.23. The van der Waals surface area contributed by atoms with Gasteiger partial charge in [-0.05, 0) is 70.4 Å². The second kappa shape index (κ2) is 10.7. The average Bonchev–Trinajstić information content (AvgIpc) is 2.75. The van der Waals surface area contributed by atoms with E-state index in [9.17, 15) is 14.0 Å². The summed E-state index contributed by atoms with van der Waals surface area (Å²) in [7, 11) is 0. The summed E-state index contributed by atoms with van der Waals surface area (Å²) in [4.78, 5) is 28.7. The molecule has 0 aliphatic rings. The minimum absolute atomic E-state index is 0.0483. The first-order valence-electron chi connectivity index (χ1n) is 9.71. The van der Waals surface area contributed by atoms with E-state index < -0.39 is 5.82 Å². The quantitative estimate of drug-likeness (QED) is 0.444. The zero-order chi connectivity index (χ0) is 22.2. The van der Waals surface area contributed by atoms with Crippen LogP contribution in [0.4, 0.5) is 10.1 Å². The molecule has 0 aliphatic heterocycles. The van der Waals surface area contributed by atoms with Crippen molar-refractivity contribution in [3.05, 3.63) is 82.2 Å². The fraction of sp³-hybridized carbons (Fsp3) is 0.174. The van der Waals surface area contributed by atoms with Crippen molar-refractivity contribution in [2.75, 3.05) is 5.32 Å². The minimum atomic E-state index is -0.411. The summed E-state index contributed by atoms with van der Waals surface area (Å²) in [6.45, 7) is 2.20. The third kappa shape index (κ3) is 6.36. The molecule has 0 fully saturated rings. The second-order valence-electron chi connectivity index (χ2n) is 6.71. The highest BCUT2D eigenvalue weighted by Crippen LogP contribution is 2.30. The molecule has 160 valence electrons. The van der Waals surface area contributed by atoms with Crippen LogP contribution in [0.25, 0.3) is 0 Å². The van der Waals surface area contributed by atoms with Gasteiger partial charge in [0.05, 0.1) is 4.47 Å². The molecule has 0 saturated heterocycles. The molecule has 0 aliphatic carbocycles. The van der Waals surface area contributed by atoms with Gasteiger partial charge < -0.3 is 15.4 Å². The molecule has 6 nitrogen and oxygen atoms in total. The molecule has 0 spiro atoms. The number of halogens is 2. The monoisotopic (exact) mass is 485 g/mol. The number of nitrogens with one attached hydrogen (secondary N) is 2. The third-order valence-electron chi connectivity index (χ3n) is 4.26. The topological polar surface area (TPSA) is 80.3 Å². The van der Waals surface area contributed by atoms with Crippen LogP contribution in [0.3, 0.4) is 0 Å². The lowest BCUT2D eigenvalue weighted by Gasteiger charge is -2.12. The van der Waals surface area contributed by atoms with Crippen LogP contribution in [0.2, 0.25) is 0 Å². The number of aromatic nitrogens is 1. The van der Waals surface area contributed by atoms with E-state index in [0.717, 1.165) is 12.0 Å². The molecule has 0 unspecified atom stereocenters. The van der Waals surface area contributed by atoms with Gasteiger partial charge in [-0.3, -0.25) is 9.59 Å². The lowest BCUT2D eigenvalue weighted by atomic mass is 10.2. The van der Waals surface area contributed by atoms with Crippen molar-refractivity contribution in [2.45, 2.75) is 26.3 Å². The number of rotatable bonds is 8. The van der Waals surface area contributed by atoms with Gasteiger partial charge in [-0.1, -0.05) is 19.1 Å². The smallest absolute Gasteiger partial charge is 0.257 e. The van der Waals surface area contributed by atoms with Crippen LogP contribution < -0.4 is 15.4 Å². The van der Waals surface area contributed by atoms with Gasteiger partial charge in [-0.2, -0.15) is 0 Å². The molecule has 3 aromatic rings. The van der Waals surface area contributed by atoms with E-state index in [2.05, 4.69) is 31.5 Å². The maximum Gasteiger partial charge on any atom is 0.257 e. The third-order valence-corrected chi connectivity index (χ3v) is 4.88. The fourth-order valence-electron chi connectivity index (χ4n) is 2.79. The zero-order valence-corrected chi connectivity index (χ0v) is 18.4. The minimum Gasteiger partial charge on any atom is -0.437 e. The average molecular weight is 486 g/mol. The molecule has 1 heterocycles. The van der Waals surface area contributed by atoms with Crippen LogP contribution in [0.5, 0.6) is 11.6 Å². The number of benzene rings is 2. The molecular formula is C23H21BrFN3O3. The Hall–Kier alpha value is -3.26. The van der Waals surface area contributed by atoms with Crippen LogP contribution in [0.15, 0.2) is 65.3 Å². The number of anilines is 1. The molecule has 3 rings (SSSR count). The molecule has 2 aromatic carbocycles. The highest BCUT2D eigenvalue weighted by Gasteiger charge is 2.15. The van der Waals surface area contributed by atoms with E-state index in [1.807, 2.05) is 25.1 Å².